The molecular weight excluding hydrogens is 214 g/mol. The number of hydrogen-bond donors (Lipinski definition) is 1. The molecular formula is C13H17N3O. The van der Waals surface area contributed by atoms with E-state index in [9.17, 15) is 0 Å². The first-order valence-electron chi connectivity index (χ1n) is 5.91. The molecule has 4 heteroatoms. The van der Waals surface area contributed by atoms with E-state index in [4.69, 9.17) is 15.5 Å². The van der Waals surface area contributed by atoms with Gasteiger partial charge in [-0.3, -0.25) is 0 Å². The van der Waals surface area contributed by atoms with E-state index in [1.165, 1.54) is 0 Å². The minimum Gasteiger partial charge on any atom is -0.497 e. The first-order chi connectivity index (χ1) is 8.20. The number of hydrogen-bond acceptors (Lipinski definition) is 3. The largest absolute Gasteiger partial charge is 0.497 e. The van der Waals surface area contributed by atoms with Gasteiger partial charge < -0.3 is 15.0 Å². The number of fused-ring (bicyclic) bond motifs is 1. The highest BCUT2D eigenvalue weighted by Crippen LogP contribution is 2.47. The Kier molecular flexibility index (Phi) is 2.16. The summed E-state index contributed by atoms with van der Waals surface area (Å²) in [4.78, 5) is 4.73. The Morgan fingerprint density at radius 3 is 2.82 bits per heavy atom. The molecule has 17 heavy (non-hydrogen) atoms. The molecule has 0 radical (unpaired) electrons. The van der Waals surface area contributed by atoms with Gasteiger partial charge in [0.05, 0.1) is 18.1 Å². The summed E-state index contributed by atoms with van der Waals surface area (Å²) in [5.74, 6) is 1.96. The molecule has 90 valence electrons. The van der Waals surface area contributed by atoms with Crippen molar-refractivity contribution in [3.8, 4) is 5.75 Å². The highest BCUT2D eigenvalue weighted by atomic mass is 16.5. The second-order valence-electron chi connectivity index (χ2n) is 4.83. The maximum Gasteiger partial charge on any atom is 0.121 e. The Balaban J connectivity index is 2.18. The van der Waals surface area contributed by atoms with Crippen LogP contribution in [0.3, 0.4) is 0 Å². The van der Waals surface area contributed by atoms with E-state index in [0.29, 0.717) is 6.54 Å². The highest BCUT2D eigenvalue weighted by molar-refractivity contribution is 5.78. The molecule has 4 nitrogen and oxygen atoms in total. The molecule has 0 aliphatic heterocycles. The van der Waals surface area contributed by atoms with Gasteiger partial charge in [-0.25, -0.2) is 4.98 Å². The van der Waals surface area contributed by atoms with Crippen LogP contribution in [0.1, 0.15) is 18.7 Å². The fourth-order valence-corrected chi connectivity index (χ4v) is 2.45. The lowest BCUT2D eigenvalue weighted by Crippen LogP contribution is -2.23. The molecule has 1 saturated carbocycles. The van der Waals surface area contributed by atoms with Crippen LogP contribution < -0.4 is 10.5 Å². The van der Waals surface area contributed by atoms with Crippen LogP contribution in [0.2, 0.25) is 0 Å². The van der Waals surface area contributed by atoms with Gasteiger partial charge in [0.2, 0.25) is 0 Å². The normalized spacial score (nSPS) is 17.4. The van der Waals surface area contributed by atoms with Crippen molar-refractivity contribution in [3.05, 3.63) is 24.0 Å². The zero-order valence-electron chi connectivity index (χ0n) is 10.2. The summed E-state index contributed by atoms with van der Waals surface area (Å²) in [7, 11) is 3.74. The van der Waals surface area contributed by atoms with Crippen LogP contribution in [0.25, 0.3) is 11.0 Å². The van der Waals surface area contributed by atoms with Crippen molar-refractivity contribution in [3.63, 3.8) is 0 Å². The van der Waals surface area contributed by atoms with Gasteiger partial charge in [-0.2, -0.15) is 0 Å². The second kappa shape index (κ2) is 3.47. The van der Waals surface area contributed by atoms with Crippen LogP contribution in [-0.4, -0.2) is 23.2 Å². The van der Waals surface area contributed by atoms with Crippen molar-refractivity contribution < 1.29 is 4.74 Å². The predicted octanol–water partition coefficient (Wildman–Crippen LogP) is 1.57. The van der Waals surface area contributed by atoms with Crippen LogP contribution in [0.4, 0.5) is 0 Å². The summed E-state index contributed by atoms with van der Waals surface area (Å²) in [5, 5.41) is 0. The number of imidazole rings is 1. The molecule has 1 heterocycles. The van der Waals surface area contributed by atoms with Crippen molar-refractivity contribution in [1.82, 2.24) is 9.55 Å². The van der Waals surface area contributed by atoms with E-state index in [0.717, 1.165) is 35.4 Å². The van der Waals surface area contributed by atoms with E-state index in [-0.39, 0.29) is 5.41 Å². The number of ether oxygens (including phenoxy) is 1. The summed E-state index contributed by atoms with van der Waals surface area (Å²) in [6.07, 6.45) is 2.30. The average molecular weight is 231 g/mol. The van der Waals surface area contributed by atoms with E-state index >= 15 is 0 Å². The highest BCUT2D eigenvalue weighted by Gasteiger charge is 2.46. The maximum atomic E-state index is 5.87. The number of rotatable bonds is 3. The van der Waals surface area contributed by atoms with Crippen molar-refractivity contribution in [1.29, 1.82) is 0 Å². The summed E-state index contributed by atoms with van der Waals surface area (Å²) in [6, 6.07) is 6.00. The molecule has 3 rings (SSSR count). The van der Waals surface area contributed by atoms with Gasteiger partial charge in [-0.1, -0.05) is 0 Å². The first kappa shape index (κ1) is 10.6. The Morgan fingerprint density at radius 2 is 2.24 bits per heavy atom. The number of nitrogens with two attached hydrogens (primary N) is 1. The third-order valence-electron chi connectivity index (χ3n) is 3.81. The fraction of sp³-hybridized carbons (Fsp3) is 0.462. The van der Waals surface area contributed by atoms with Crippen molar-refractivity contribution in [2.24, 2.45) is 12.8 Å². The third kappa shape index (κ3) is 1.44. The summed E-state index contributed by atoms with van der Waals surface area (Å²) >= 11 is 0. The van der Waals surface area contributed by atoms with Crippen molar-refractivity contribution >= 4 is 11.0 Å². The molecule has 0 saturated heterocycles. The summed E-state index contributed by atoms with van der Waals surface area (Å²) in [5.41, 5.74) is 8.12. The number of aryl methyl sites for hydroxylation is 1. The maximum absolute atomic E-state index is 5.87. The molecule has 2 aromatic rings. The lowest BCUT2D eigenvalue weighted by molar-refractivity contribution is 0.415. The molecule has 1 fully saturated rings. The molecule has 0 spiro atoms. The van der Waals surface area contributed by atoms with Crippen LogP contribution in [0.15, 0.2) is 18.2 Å². The average Bonchev–Trinajstić information content (AvgIpc) is 3.09. The Labute approximate surface area is 100 Å². The summed E-state index contributed by atoms with van der Waals surface area (Å²) < 4.78 is 7.39. The predicted molar refractivity (Wildman–Crippen MR) is 67.2 cm³/mol. The van der Waals surface area contributed by atoms with Crippen LogP contribution in [0.5, 0.6) is 5.75 Å². The number of aromatic nitrogens is 2. The molecule has 1 aromatic heterocycles. The molecule has 0 unspecified atom stereocenters. The minimum absolute atomic E-state index is 0.126. The van der Waals surface area contributed by atoms with Gasteiger partial charge in [0.1, 0.15) is 11.6 Å². The third-order valence-corrected chi connectivity index (χ3v) is 3.81. The summed E-state index contributed by atoms with van der Waals surface area (Å²) in [6.45, 7) is 0.682. The molecule has 2 N–H and O–H groups in total. The molecule has 0 amide bonds. The lowest BCUT2D eigenvalue weighted by atomic mass is 10.1. The molecule has 0 atom stereocenters. The minimum atomic E-state index is 0.126. The van der Waals surface area contributed by atoms with Gasteiger partial charge >= 0.3 is 0 Å². The number of benzene rings is 1. The quantitative estimate of drug-likeness (QED) is 0.872. The van der Waals surface area contributed by atoms with Gasteiger partial charge in [-0.15, -0.1) is 0 Å². The van der Waals surface area contributed by atoms with Gasteiger partial charge in [-0.05, 0) is 25.0 Å². The van der Waals surface area contributed by atoms with Crippen LogP contribution in [0, 0.1) is 0 Å². The monoisotopic (exact) mass is 231 g/mol. The molecule has 1 aliphatic rings. The Hall–Kier alpha value is -1.55. The van der Waals surface area contributed by atoms with Gasteiger partial charge in [0.15, 0.2) is 0 Å². The second-order valence-corrected chi connectivity index (χ2v) is 4.83. The first-order valence-corrected chi connectivity index (χ1v) is 5.91. The smallest absolute Gasteiger partial charge is 0.121 e. The van der Waals surface area contributed by atoms with Gasteiger partial charge in [0.25, 0.3) is 0 Å². The molecule has 0 bridgehead atoms. The van der Waals surface area contributed by atoms with E-state index in [1.54, 1.807) is 7.11 Å². The number of nitrogens with zero attached hydrogens (tertiary/aromatic N) is 2. The van der Waals surface area contributed by atoms with Crippen LogP contribution in [-0.2, 0) is 12.5 Å². The van der Waals surface area contributed by atoms with Crippen molar-refractivity contribution in [2.75, 3.05) is 13.7 Å². The zero-order chi connectivity index (χ0) is 12.0. The fourth-order valence-electron chi connectivity index (χ4n) is 2.45. The standard InChI is InChI=1S/C13H17N3O/c1-16-11-4-3-9(17-2)7-10(11)15-12(16)13(8-14)5-6-13/h3-4,7H,5-6,8,14H2,1-2H3. The Bertz CT molecular complexity index is 569. The SMILES string of the molecule is COc1ccc2c(c1)nc(C1(CN)CC1)n2C. The number of methoxy groups -OCH3 is 1. The van der Waals surface area contributed by atoms with Gasteiger partial charge in [0, 0.05) is 25.1 Å². The van der Waals surface area contributed by atoms with E-state index < -0.39 is 0 Å². The molecule has 1 aromatic carbocycles. The topological polar surface area (TPSA) is 53.1 Å². The zero-order valence-corrected chi connectivity index (χ0v) is 10.2. The molecule has 1 aliphatic carbocycles. The van der Waals surface area contributed by atoms with Crippen LogP contribution >= 0.6 is 0 Å². The lowest BCUT2D eigenvalue weighted by Gasteiger charge is -2.11. The van der Waals surface area contributed by atoms with E-state index in [2.05, 4.69) is 17.7 Å². The van der Waals surface area contributed by atoms with E-state index in [1.807, 2.05) is 12.1 Å². The van der Waals surface area contributed by atoms with Crippen molar-refractivity contribution in [2.45, 2.75) is 18.3 Å². The Morgan fingerprint density at radius 1 is 1.47 bits per heavy atom.